The van der Waals surface area contributed by atoms with E-state index in [1.54, 1.807) is 11.3 Å². The molecule has 0 atom stereocenters. The SMILES string of the molecule is COC(=O)c1cc([N+](=O)[O-])c(=O)n(Cc2nc(N)c3c4c(sc3n2)CCCCC4)c1. The number of aromatic nitrogens is 3. The molecule has 0 spiro atoms. The number of pyridine rings is 1. The van der Waals surface area contributed by atoms with E-state index in [1.807, 2.05) is 0 Å². The fourth-order valence-electron chi connectivity index (χ4n) is 3.73. The van der Waals surface area contributed by atoms with Crippen molar-refractivity contribution in [3.63, 3.8) is 0 Å². The summed E-state index contributed by atoms with van der Waals surface area (Å²) in [6.45, 7) is -0.160. The number of nitrogens with zero attached hydrogens (tertiary/aromatic N) is 4. The third-order valence-corrected chi connectivity index (χ3v) is 6.32. The average Bonchev–Trinajstić information content (AvgIpc) is 2.90. The monoisotopic (exact) mass is 429 g/mol. The number of hydrogen-bond acceptors (Lipinski definition) is 9. The number of ether oxygens (including phenoxy) is 1. The second kappa shape index (κ2) is 7.82. The Balaban J connectivity index is 1.79. The highest BCUT2D eigenvalue weighted by Crippen LogP contribution is 2.37. The fraction of sp³-hybridized carbons (Fsp3) is 0.368. The minimum absolute atomic E-state index is 0.110. The third kappa shape index (κ3) is 3.52. The average molecular weight is 429 g/mol. The lowest BCUT2D eigenvalue weighted by Crippen LogP contribution is -2.25. The normalized spacial score (nSPS) is 13.6. The molecule has 0 unspecified atom stereocenters. The highest BCUT2D eigenvalue weighted by molar-refractivity contribution is 7.19. The van der Waals surface area contributed by atoms with E-state index in [-0.39, 0.29) is 17.9 Å². The molecule has 1 aliphatic carbocycles. The van der Waals surface area contributed by atoms with Gasteiger partial charge in [-0.1, -0.05) is 6.42 Å². The molecule has 0 amide bonds. The molecule has 0 radical (unpaired) electrons. The standard InChI is InChI=1S/C19H19N5O5S/c1-29-19(26)10-7-12(24(27)28)18(25)23(8-10)9-14-21-16(20)15-11-5-3-2-4-6-13(11)30-17(15)22-14/h7-8H,2-6,9H2,1H3,(H2,20,21,22). The van der Waals surface area contributed by atoms with E-state index in [2.05, 4.69) is 14.7 Å². The summed E-state index contributed by atoms with van der Waals surface area (Å²) in [5.41, 5.74) is 5.74. The summed E-state index contributed by atoms with van der Waals surface area (Å²) in [6.07, 6.45) is 6.53. The highest BCUT2D eigenvalue weighted by Gasteiger charge is 2.22. The summed E-state index contributed by atoms with van der Waals surface area (Å²) >= 11 is 1.58. The van der Waals surface area contributed by atoms with Crippen molar-refractivity contribution in [2.75, 3.05) is 12.8 Å². The minimum Gasteiger partial charge on any atom is -0.465 e. The number of methoxy groups -OCH3 is 1. The van der Waals surface area contributed by atoms with Crippen molar-refractivity contribution >= 4 is 39.0 Å². The number of fused-ring (bicyclic) bond motifs is 3. The van der Waals surface area contributed by atoms with Gasteiger partial charge in [-0.2, -0.15) is 0 Å². The first kappa shape index (κ1) is 20.0. The summed E-state index contributed by atoms with van der Waals surface area (Å²) in [5.74, 6) is -0.208. The van der Waals surface area contributed by atoms with Crippen LogP contribution in [0.15, 0.2) is 17.1 Å². The summed E-state index contributed by atoms with van der Waals surface area (Å²) in [4.78, 5) is 45.7. The van der Waals surface area contributed by atoms with Crippen LogP contribution in [0.25, 0.3) is 10.2 Å². The van der Waals surface area contributed by atoms with Gasteiger partial charge in [0.15, 0.2) is 5.82 Å². The van der Waals surface area contributed by atoms with E-state index in [0.29, 0.717) is 5.82 Å². The zero-order chi connectivity index (χ0) is 21.4. The third-order valence-electron chi connectivity index (χ3n) is 5.14. The van der Waals surface area contributed by atoms with Crippen LogP contribution in [-0.4, -0.2) is 32.5 Å². The molecule has 4 rings (SSSR count). The van der Waals surface area contributed by atoms with Crippen molar-refractivity contribution in [2.45, 2.75) is 38.6 Å². The fourth-order valence-corrected chi connectivity index (χ4v) is 5.02. The van der Waals surface area contributed by atoms with Gasteiger partial charge in [0, 0.05) is 17.1 Å². The number of nitro groups is 1. The van der Waals surface area contributed by atoms with Crippen molar-refractivity contribution in [1.29, 1.82) is 0 Å². The van der Waals surface area contributed by atoms with E-state index in [1.165, 1.54) is 23.1 Å². The molecule has 2 N–H and O–H groups in total. The van der Waals surface area contributed by atoms with Crippen molar-refractivity contribution in [1.82, 2.24) is 14.5 Å². The Bertz CT molecular complexity index is 1230. The molecule has 0 aliphatic heterocycles. The largest absolute Gasteiger partial charge is 0.465 e. The molecule has 3 heterocycles. The Morgan fingerprint density at radius 1 is 1.33 bits per heavy atom. The highest BCUT2D eigenvalue weighted by atomic mass is 32.1. The summed E-state index contributed by atoms with van der Waals surface area (Å²) < 4.78 is 5.65. The Kier molecular flexibility index (Phi) is 5.20. The van der Waals surface area contributed by atoms with Crippen molar-refractivity contribution in [3.8, 4) is 0 Å². The number of carbonyl (C=O) groups is 1. The minimum atomic E-state index is -0.864. The van der Waals surface area contributed by atoms with Crippen LogP contribution in [0.2, 0.25) is 0 Å². The Labute approximate surface area is 174 Å². The number of rotatable bonds is 4. The summed E-state index contributed by atoms with van der Waals surface area (Å²) in [7, 11) is 1.15. The molecule has 30 heavy (non-hydrogen) atoms. The number of anilines is 1. The Morgan fingerprint density at radius 3 is 2.83 bits per heavy atom. The molecule has 3 aromatic rings. The summed E-state index contributed by atoms with van der Waals surface area (Å²) in [6, 6.07) is 0.902. The molecule has 156 valence electrons. The van der Waals surface area contributed by atoms with Crippen LogP contribution in [0, 0.1) is 10.1 Å². The van der Waals surface area contributed by atoms with E-state index in [0.717, 1.165) is 53.6 Å². The van der Waals surface area contributed by atoms with Crippen LogP contribution in [0.3, 0.4) is 0 Å². The number of aryl methyl sites for hydroxylation is 2. The van der Waals surface area contributed by atoms with Crippen LogP contribution < -0.4 is 11.3 Å². The maximum Gasteiger partial charge on any atom is 0.339 e. The lowest BCUT2D eigenvalue weighted by Gasteiger charge is -2.08. The van der Waals surface area contributed by atoms with Gasteiger partial charge in [0.25, 0.3) is 0 Å². The smallest absolute Gasteiger partial charge is 0.339 e. The molecule has 0 saturated carbocycles. The van der Waals surface area contributed by atoms with Gasteiger partial charge in [0.1, 0.15) is 10.6 Å². The van der Waals surface area contributed by atoms with Crippen LogP contribution >= 0.6 is 11.3 Å². The lowest BCUT2D eigenvalue weighted by atomic mass is 10.1. The van der Waals surface area contributed by atoms with Crippen LogP contribution in [0.5, 0.6) is 0 Å². The topological polar surface area (TPSA) is 143 Å². The summed E-state index contributed by atoms with van der Waals surface area (Å²) in [5, 5.41) is 12.1. The van der Waals surface area contributed by atoms with Gasteiger partial charge in [0.05, 0.1) is 29.5 Å². The van der Waals surface area contributed by atoms with Crippen LogP contribution in [0.1, 0.15) is 45.9 Å². The van der Waals surface area contributed by atoms with E-state index >= 15 is 0 Å². The van der Waals surface area contributed by atoms with E-state index in [9.17, 15) is 19.7 Å². The van der Waals surface area contributed by atoms with Crippen molar-refractivity contribution in [2.24, 2.45) is 0 Å². The quantitative estimate of drug-likeness (QED) is 0.288. The van der Waals surface area contributed by atoms with E-state index < -0.39 is 22.1 Å². The second-order valence-electron chi connectivity index (χ2n) is 7.07. The van der Waals surface area contributed by atoms with Gasteiger partial charge in [-0.3, -0.25) is 14.9 Å². The molecule has 0 bridgehead atoms. The van der Waals surface area contributed by atoms with Crippen molar-refractivity contribution < 1.29 is 14.5 Å². The van der Waals surface area contributed by atoms with Gasteiger partial charge < -0.3 is 15.0 Å². The molecule has 0 fully saturated rings. The van der Waals surface area contributed by atoms with Gasteiger partial charge in [-0.25, -0.2) is 14.8 Å². The molecule has 0 saturated heterocycles. The molecule has 1 aliphatic rings. The number of hydrogen-bond donors (Lipinski definition) is 1. The second-order valence-corrected chi connectivity index (χ2v) is 8.15. The first-order valence-corrected chi connectivity index (χ1v) is 10.2. The lowest BCUT2D eigenvalue weighted by molar-refractivity contribution is -0.386. The van der Waals surface area contributed by atoms with E-state index in [4.69, 9.17) is 5.73 Å². The first-order chi connectivity index (χ1) is 14.4. The Morgan fingerprint density at radius 2 is 2.10 bits per heavy atom. The molecular formula is C19H19N5O5S. The molecule has 0 aromatic carbocycles. The number of carbonyl (C=O) groups excluding carboxylic acids is 1. The van der Waals surface area contributed by atoms with Gasteiger partial charge in [-0.15, -0.1) is 11.3 Å². The maximum atomic E-state index is 12.5. The number of esters is 1. The maximum absolute atomic E-state index is 12.5. The molecule has 11 heteroatoms. The van der Waals surface area contributed by atoms with Gasteiger partial charge >= 0.3 is 17.2 Å². The number of nitrogens with two attached hydrogens (primary N) is 1. The predicted octanol–water partition coefficient (Wildman–Crippen LogP) is 2.45. The zero-order valence-electron chi connectivity index (χ0n) is 16.2. The molecule has 10 nitrogen and oxygen atoms in total. The Hall–Kier alpha value is -3.34. The molecule has 3 aromatic heterocycles. The first-order valence-electron chi connectivity index (χ1n) is 9.43. The predicted molar refractivity (Wildman–Crippen MR) is 111 cm³/mol. The van der Waals surface area contributed by atoms with Gasteiger partial charge in [-0.05, 0) is 31.2 Å². The van der Waals surface area contributed by atoms with Crippen LogP contribution in [-0.2, 0) is 24.1 Å². The zero-order valence-corrected chi connectivity index (χ0v) is 17.0. The molecular weight excluding hydrogens is 410 g/mol. The van der Waals surface area contributed by atoms with Gasteiger partial charge in [0.2, 0.25) is 0 Å². The van der Waals surface area contributed by atoms with Crippen molar-refractivity contribution in [3.05, 3.63) is 54.6 Å². The number of thiophene rings is 1. The van der Waals surface area contributed by atoms with Crippen LogP contribution in [0.4, 0.5) is 11.5 Å². The number of nitrogen functional groups attached to an aromatic ring is 1.